The molecule has 2 unspecified atom stereocenters. The Morgan fingerprint density at radius 2 is 1.79 bits per heavy atom. The third-order valence-electron chi connectivity index (χ3n) is 2.86. The first-order valence-electron chi connectivity index (χ1n) is 4.67. The maximum absolute atomic E-state index is 11.4. The van der Waals surface area contributed by atoms with Crippen molar-refractivity contribution in [3.8, 4) is 0 Å². The normalized spacial score (nSPS) is 16.3. The van der Waals surface area contributed by atoms with Gasteiger partial charge in [-0.2, -0.15) is 0 Å². The van der Waals surface area contributed by atoms with Crippen LogP contribution in [-0.2, 0) is 11.0 Å². The minimum Gasteiger partial charge on any atom is -0.251 e. The molecule has 3 heteroatoms. The van der Waals surface area contributed by atoms with Crippen LogP contribution in [0.4, 0.5) is 0 Å². The smallest absolute Gasteiger partial charge is 0.0951 e. The molecule has 2 N–H and O–H groups in total. The number of rotatable bonds is 3. The van der Waals surface area contributed by atoms with E-state index < -0.39 is 11.0 Å². The lowest BCUT2D eigenvalue weighted by molar-refractivity contribution is 0.553. The Kier molecular flexibility index (Phi) is 3.45. The van der Waals surface area contributed by atoms with Gasteiger partial charge in [-0.25, -0.2) is 4.21 Å². The summed E-state index contributed by atoms with van der Waals surface area (Å²) in [5.74, 6) is 0.189. The molecule has 14 heavy (non-hydrogen) atoms. The van der Waals surface area contributed by atoms with E-state index in [-0.39, 0.29) is 10.7 Å². The highest BCUT2D eigenvalue weighted by Gasteiger charge is 2.31. The Bertz CT molecular complexity index is 321. The third-order valence-corrected chi connectivity index (χ3v) is 4.25. The lowest BCUT2D eigenvalue weighted by atomic mass is 9.89. The van der Waals surface area contributed by atoms with Crippen molar-refractivity contribution in [1.82, 2.24) is 0 Å². The zero-order valence-electron chi connectivity index (χ0n) is 8.86. The second-order valence-corrected chi connectivity index (χ2v) is 5.68. The molecule has 78 valence electrons. The number of hydrogen-bond donors (Lipinski definition) is 1. The molecule has 1 aromatic carbocycles. The first-order chi connectivity index (χ1) is 6.46. The quantitative estimate of drug-likeness (QED) is 0.818. The molecule has 0 heterocycles. The van der Waals surface area contributed by atoms with Crippen LogP contribution in [0.2, 0.25) is 0 Å². The fourth-order valence-corrected chi connectivity index (χ4v) is 1.80. The summed E-state index contributed by atoms with van der Waals surface area (Å²) in [7, 11) is -1.31. The van der Waals surface area contributed by atoms with E-state index in [0.717, 1.165) is 0 Å². The Morgan fingerprint density at radius 1 is 1.29 bits per heavy atom. The summed E-state index contributed by atoms with van der Waals surface area (Å²) in [6, 6.07) is 10.0. The highest BCUT2D eigenvalue weighted by molar-refractivity contribution is 7.84. The molecule has 1 aromatic rings. The van der Waals surface area contributed by atoms with Gasteiger partial charge in [0, 0.05) is 0 Å². The molecule has 0 aliphatic carbocycles. The van der Waals surface area contributed by atoms with Crippen LogP contribution in [-0.4, -0.2) is 8.96 Å². The van der Waals surface area contributed by atoms with Crippen LogP contribution in [0, 0.1) is 0 Å². The van der Waals surface area contributed by atoms with E-state index in [9.17, 15) is 4.21 Å². The summed E-state index contributed by atoms with van der Waals surface area (Å²) in [5, 5.41) is 5.48. The van der Waals surface area contributed by atoms with Gasteiger partial charge >= 0.3 is 0 Å². The zero-order valence-corrected chi connectivity index (χ0v) is 9.67. The molecule has 0 saturated heterocycles. The topological polar surface area (TPSA) is 43.1 Å². The first kappa shape index (κ1) is 11.4. The van der Waals surface area contributed by atoms with Crippen molar-refractivity contribution in [3.63, 3.8) is 0 Å². The highest BCUT2D eigenvalue weighted by Crippen LogP contribution is 2.30. The number of hydrogen-bond acceptors (Lipinski definition) is 1. The summed E-state index contributed by atoms with van der Waals surface area (Å²) < 4.78 is 11.0. The van der Waals surface area contributed by atoms with Crippen LogP contribution in [0.5, 0.6) is 0 Å². The van der Waals surface area contributed by atoms with Crippen LogP contribution in [0.1, 0.15) is 32.3 Å². The SMILES string of the molecule is CC(c1ccccc1)C(C)(C)S(N)=O. The molecule has 0 aliphatic heterocycles. The number of benzene rings is 1. The van der Waals surface area contributed by atoms with Crippen molar-refractivity contribution in [2.24, 2.45) is 5.14 Å². The molecule has 2 nitrogen and oxygen atoms in total. The van der Waals surface area contributed by atoms with Crippen molar-refractivity contribution in [2.45, 2.75) is 31.4 Å². The Hall–Kier alpha value is -0.670. The van der Waals surface area contributed by atoms with E-state index >= 15 is 0 Å². The third kappa shape index (κ3) is 2.22. The van der Waals surface area contributed by atoms with Crippen LogP contribution in [0.3, 0.4) is 0 Å². The number of nitrogens with two attached hydrogens (primary N) is 1. The summed E-state index contributed by atoms with van der Waals surface area (Å²) in [5.41, 5.74) is 1.18. The van der Waals surface area contributed by atoms with Crippen LogP contribution in [0.25, 0.3) is 0 Å². The van der Waals surface area contributed by atoms with Crippen LogP contribution < -0.4 is 5.14 Å². The van der Waals surface area contributed by atoms with Crippen LogP contribution in [0.15, 0.2) is 30.3 Å². The second kappa shape index (κ2) is 4.24. The van der Waals surface area contributed by atoms with Crippen molar-refractivity contribution in [3.05, 3.63) is 35.9 Å². The van der Waals surface area contributed by atoms with Gasteiger partial charge < -0.3 is 0 Å². The molecular formula is C11H17NOS. The maximum Gasteiger partial charge on any atom is 0.0951 e. The predicted molar refractivity (Wildman–Crippen MR) is 61.3 cm³/mol. The Labute approximate surface area is 88.1 Å². The standard InChI is InChI=1S/C11H17NOS/c1-9(11(2,3)14(12)13)10-7-5-4-6-8-10/h4-9H,12H2,1-3H3. The van der Waals surface area contributed by atoms with Crippen LogP contribution >= 0.6 is 0 Å². The Morgan fingerprint density at radius 3 is 2.21 bits per heavy atom. The summed E-state index contributed by atoms with van der Waals surface area (Å²) in [6.45, 7) is 5.92. The summed E-state index contributed by atoms with van der Waals surface area (Å²) in [4.78, 5) is 0. The lowest BCUT2D eigenvalue weighted by Gasteiger charge is -2.29. The van der Waals surface area contributed by atoms with E-state index in [4.69, 9.17) is 5.14 Å². The van der Waals surface area contributed by atoms with Gasteiger partial charge in [0.15, 0.2) is 0 Å². The molecule has 0 aliphatic rings. The van der Waals surface area contributed by atoms with Gasteiger partial charge in [-0.1, -0.05) is 37.3 Å². The van der Waals surface area contributed by atoms with Gasteiger partial charge in [-0.15, -0.1) is 0 Å². The first-order valence-corrected chi connectivity index (χ1v) is 5.88. The fourth-order valence-electron chi connectivity index (χ4n) is 1.32. The molecule has 2 atom stereocenters. The average molecular weight is 211 g/mol. The molecular weight excluding hydrogens is 194 g/mol. The van der Waals surface area contributed by atoms with Crippen molar-refractivity contribution in [2.75, 3.05) is 0 Å². The van der Waals surface area contributed by atoms with Gasteiger partial charge in [0.05, 0.1) is 15.7 Å². The summed E-state index contributed by atoms with van der Waals surface area (Å²) >= 11 is 0. The molecule has 0 fully saturated rings. The van der Waals surface area contributed by atoms with Crippen molar-refractivity contribution < 1.29 is 4.21 Å². The summed E-state index contributed by atoms with van der Waals surface area (Å²) in [6.07, 6.45) is 0. The van der Waals surface area contributed by atoms with Gasteiger partial charge in [0.25, 0.3) is 0 Å². The Balaban J connectivity index is 2.96. The molecule has 0 bridgehead atoms. The zero-order chi connectivity index (χ0) is 10.8. The molecule has 0 amide bonds. The largest absolute Gasteiger partial charge is 0.251 e. The van der Waals surface area contributed by atoms with Gasteiger partial charge in [-0.3, -0.25) is 5.14 Å². The second-order valence-electron chi connectivity index (χ2n) is 4.03. The molecule has 1 rings (SSSR count). The molecule has 0 spiro atoms. The van der Waals surface area contributed by atoms with Gasteiger partial charge in [0.1, 0.15) is 0 Å². The van der Waals surface area contributed by atoms with E-state index in [0.29, 0.717) is 0 Å². The van der Waals surface area contributed by atoms with E-state index in [2.05, 4.69) is 6.92 Å². The van der Waals surface area contributed by atoms with E-state index in [1.54, 1.807) is 0 Å². The van der Waals surface area contributed by atoms with E-state index in [1.807, 2.05) is 44.2 Å². The van der Waals surface area contributed by atoms with Crippen molar-refractivity contribution in [1.29, 1.82) is 0 Å². The fraction of sp³-hybridized carbons (Fsp3) is 0.455. The lowest BCUT2D eigenvalue weighted by Crippen LogP contribution is -2.37. The highest BCUT2D eigenvalue weighted by atomic mass is 32.2. The maximum atomic E-state index is 11.4. The minimum absolute atomic E-state index is 0.189. The van der Waals surface area contributed by atoms with Gasteiger partial charge in [-0.05, 0) is 25.3 Å². The molecule has 0 saturated carbocycles. The predicted octanol–water partition coefficient (Wildman–Crippen LogP) is 2.19. The van der Waals surface area contributed by atoms with E-state index in [1.165, 1.54) is 5.56 Å². The minimum atomic E-state index is -1.31. The van der Waals surface area contributed by atoms with Gasteiger partial charge in [0.2, 0.25) is 0 Å². The van der Waals surface area contributed by atoms with Crippen molar-refractivity contribution >= 4 is 11.0 Å². The monoisotopic (exact) mass is 211 g/mol. The average Bonchev–Trinajstić information content (AvgIpc) is 2.17. The molecule has 0 aromatic heterocycles. The molecule has 0 radical (unpaired) electrons.